The predicted octanol–water partition coefficient (Wildman–Crippen LogP) is 4.19. The van der Waals surface area contributed by atoms with E-state index in [2.05, 4.69) is 52.4 Å². The lowest BCUT2D eigenvalue weighted by Gasteiger charge is -2.08. The molecule has 0 amide bonds. The number of rotatable bonds is 1. The van der Waals surface area contributed by atoms with Crippen molar-refractivity contribution in [3.05, 3.63) is 93.6 Å². The summed E-state index contributed by atoms with van der Waals surface area (Å²) < 4.78 is 0. The highest BCUT2D eigenvalue weighted by atomic mass is 16.2. The zero-order chi connectivity index (χ0) is 17.7. The number of aromatic nitrogens is 2. The van der Waals surface area contributed by atoms with Gasteiger partial charge in [0, 0.05) is 0 Å². The standard InChI is InChI=1S/C22H14N2O2/c25-21-19-12-15(8-10-20(19)23-22(26)24-21)14-7-9-18-16(11-14)6-5-13-3-1-2-4-17(13)18/h1-12H,(H2,23,24,25,26). The summed E-state index contributed by atoms with van der Waals surface area (Å²) in [6, 6.07) is 24.4. The molecule has 0 saturated heterocycles. The molecule has 0 unspecified atom stereocenters. The van der Waals surface area contributed by atoms with Crippen LogP contribution in [0, 0.1) is 0 Å². The monoisotopic (exact) mass is 338 g/mol. The molecular formula is C22H14N2O2. The van der Waals surface area contributed by atoms with Crippen LogP contribution in [0.5, 0.6) is 0 Å². The van der Waals surface area contributed by atoms with Gasteiger partial charge in [-0.15, -0.1) is 0 Å². The Balaban J connectivity index is 1.74. The molecule has 0 aliphatic carbocycles. The number of benzene rings is 4. The highest BCUT2D eigenvalue weighted by Gasteiger charge is 2.06. The second-order valence-electron chi connectivity index (χ2n) is 6.39. The maximum Gasteiger partial charge on any atom is 0.326 e. The fourth-order valence-corrected chi connectivity index (χ4v) is 3.54. The summed E-state index contributed by atoms with van der Waals surface area (Å²) in [4.78, 5) is 28.4. The molecule has 5 rings (SSSR count). The van der Waals surface area contributed by atoms with E-state index in [9.17, 15) is 9.59 Å². The lowest BCUT2D eigenvalue weighted by atomic mass is 9.97. The summed E-state index contributed by atoms with van der Waals surface area (Å²) in [5, 5.41) is 5.27. The summed E-state index contributed by atoms with van der Waals surface area (Å²) in [5.41, 5.74) is 1.63. The third-order valence-corrected chi connectivity index (χ3v) is 4.82. The molecule has 0 radical (unpaired) electrons. The minimum atomic E-state index is -0.493. The molecule has 1 heterocycles. The largest absolute Gasteiger partial charge is 0.326 e. The van der Waals surface area contributed by atoms with E-state index in [0.717, 1.165) is 16.5 Å². The van der Waals surface area contributed by atoms with Gasteiger partial charge in [-0.05, 0) is 50.9 Å². The van der Waals surface area contributed by atoms with Gasteiger partial charge in [0.25, 0.3) is 5.56 Å². The maximum absolute atomic E-state index is 12.1. The molecule has 0 aliphatic rings. The summed E-state index contributed by atoms with van der Waals surface area (Å²) in [5.74, 6) is 0. The lowest BCUT2D eigenvalue weighted by molar-refractivity contribution is 1.08. The smallest absolute Gasteiger partial charge is 0.307 e. The number of aromatic amines is 2. The molecule has 124 valence electrons. The van der Waals surface area contributed by atoms with E-state index in [-0.39, 0.29) is 5.56 Å². The van der Waals surface area contributed by atoms with E-state index in [1.165, 1.54) is 16.2 Å². The van der Waals surface area contributed by atoms with Crippen LogP contribution in [0.1, 0.15) is 0 Å². The molecule has 0 bridgehead atoms. The average molecular weight is 338 g/mol. The molecular weight excluding hydrogens is 324 g/mol. The van der Waals surface area contributed by atoms with Crippen LogP contribution >= 0.6 is 0 Å². The first-order valence-electron chi connectivity index (χ1n) is 8.37. The van der Waals surface area contributed by atoms with Crippen molar-refractivity contribution >= 4 is 32.4 Å². The van der Waals surface area contributed by atoms with E-state index >= 15 is 0 Å². The van der Waals surface area contributed by atoms with Crippen molar-refractivity contribution in [2.45, 2.75) is 0 Å². The third kappa shape index (κ3) is 2.24. The van der Waals surface area contributed by atoms with Crippen molar-refractivity contribution in [2.75, 3.05) is 0 Å². The minimum absolute atomic E-state index is 0.377. The summed E-state index contributed by atoms with van der Waals surface area (Å²) in [7, 11) is 0. The second kappa shape index (κ2) is 5.43. The Morgan fingerprint density at radius 2 is 1.31 bits per heavy atom. The molecule has 1 aromatic heterocycles. The lowest BCUT2D eigenvalue weighted by Crippen LogP contribution is -2.21. The first-order valence-corrected chi connectivity index (χ1v) is 8.37. The number of hydrogen-bond acceptors (Lipinski definition) is 2. The fraction of sp³-hybridized carbons (Fsp3) is 0. The van der Waals surface area contributed by atoms with Crippen molar-refractivity contribution in [1.29, 1.82) is 0 Å². The molecule has 4 heteroatoms. The Morgan fingerprint density at radius 1 is 0.577 bits per heavy atom. The Hall–Kier alpha value is -3.66. The molecule has 0 atom stereocenters. The Kier molecular flexibility index (Phi) is 3.06. The van der Waals surface area contributed by atoms with E-state index in [4.69, 9.17) is 0 Å². The summed E-state index contributed by atoms with van der Waals surface area (Å²) in [6.45, 7) is 0. The number of H-pyrrole nitrogens is 2. The van der Waals surface area contributed by atoms with Crippen molar-refractivity contribution in [3.63, 3.8) is 0 Å². The van der Waals surface area contributed by atoms with Gasteiger partial charge in [0.2, 0.25) is 0 Å². The first-order chi connectivity index (χ1) is 12.7. The van der Waals surface area contributed by atoms with Gasteiger partial charge >= 0.3 is 5.69 Å². The van der Waals surface area contributed by atoms with Gasteiger partial charge in [0.1, 0.15) is 0 Å². The third-order valence-electron chi connectivity index (χ3n) is 4.82. The van der Waals surface area contributed by atoms with Crippen LogP contribution in [0.4, 0.5) is 0 Å². The number of nitrogens with one attached hydrogen (secondary N) is 2. The van der Waals surface area contributed by atoms with Gasteiger partial charge in [-0.1, -0.05) is 54.6 Å². The van der Waals surface area contributed by atoms with Gasteiger partial charge in [-0.3, -0.25) is 9.78 Å². The average Bonchev–Trinajstić information content (AvgIpc) is 2.67. The molecule has 0 aliphatic heterocycles. The van der Waals surface area contributed by atoms with E-state index in [1.807, 2.05) is 24.3 Å². The Labute approximate surface area is 147 Å². The maximum atomic E-state index is 12.1. The van der Waals surface area contributed by atoms with Crippen LogP contribution in [0.2, 0.25) is 0 Å². The fourth-order valence-electron chi connectivity index (χ4n) is 3.54. The van der Waals surface area contributed by atoms with Crippen LogP contribution < -0.4 is 11.2 Å². The Bertz CT molecular complexity index is 1430. The van der Waals surface area contributed by atoms with Gasteiger partial charge in [0.15, 0.2) is 0 Å². The molecule has 0 spiro atoms. The quantitative estimate of drug-likeness (QED) is 0.450. The van der Waals surface area contributed by atoms with Gasteiger partial charge < -0.3 is 4.98 Å². The Morgan fingerprint density at radius 3 is 2.23 bits per heavy atom. The van der Waals surface area contributed by atoms with E-state index < -0.39 is 5.69 Å². The van der Waals surface area contributed by atoms with Gasteiger partial charge in [-0.2, -0.15) is 0 Å². The van der Waals surface area contributed by atoms with Crippen LogP contribution in [0.15, 0.2) is 82.4 Å². The van der Waals surface area contributed by atoms with Crippen LogP contribution in [0.3, 0.4) is 0 Å². The molecule has 4 aromatic carbocycles. The normalized spacial score (nSPS) is 11.4. The minimum Gasteiger partial charge on any atom is -0.307 e. The molecule has 2 N–H and O–H groups in total. The van der Waals surface area contributed by atoms with Crippen LogP contribution in [0.25, 0.3) is 43.6 Å². The summed E-state index contributed by atoms with van der Waals surface area (Å²) >= 11 is 0. The second-order valence-corrected chi connectivity index (χ2v) is 6.39. The topological polar surface area (TPSA) is 65.7 Å². The van der Waals surface area contributed by atoms with Crippen LogP contribution in [-0.2, 0) is 0 Å². The number of fused-ring (bicyclic) bond motifs is 4. The zero-order valence-electron chi connectivity index (χ0n) is 13.7. The highest BCUT2D eigenvalue weighted by molar-refractivity contribution is 6.08. The van der Waals surface area contributed by atoms with Crippen molar-refractivity contribution in [1.82, 2.24) is 9.97 Å². The van der Waals surface area contributed by atoms with Crippen molar-refractivity contribution in [3.8, 4) is 11.1 Å². The highest BCUT2D eigenvalue weighted by Crippen LogP contribution is 2.30. The molecule has 26 heavy (non-hydrogen) atoms. The number of hydrogen-bond donors (Lipinski definition) is 2. The molecule has 5 aromatic rings. The van der Waals surface area contributed by atoms with E-state index in [1.54, 1.807) is 6.07 Å². The molecule has 0 saturated carbocycles. The van der Waals surface area contributed by atoms with Crippen LogP contribution in [-0.4, -0.2) is 9.97 Å². The molecule has 0 fully saturated rings. The van der Waals surface area contributed by atoms with Gasteiger partial charge in [0.05, 0.1) is 10.9 Å². The van der Waals surface area contributed by atoms with E-state index in [0.29, 0.717) is 10.9 Å². The van der Waals surface area contributed by atoms with Gasteiger partial charge in [-0.25, -0.2) is 4.79 Å². The zero-order valence-corrected chi connectivity index (χ0v) is 13.7. The summed E-state index contributed by atoms with van der Waals surface area (Å²) in [6.07, 6.45) is 0. The van der Waals surface area contributed by atoms with Crippen molar-refractivity contribution < 1.29 is 0 Å². The predicted molar refractivity (Wildman–Crippen MR) is 106 cm³/mol. The molecule has 4 nitrogen and oxygen atoms in total. The van der Waals surface area contributed by atoms with Crippen molar-refractivity contribution in [2.24, 2.45) is 0 Å². The SMILES string of the molecule is O=c1[nH]c(=O)c2cc(-c3ccc4c(ccc5ccccc54)c3)ccc2[nH]1. The first kappa shape index (κ1) is 14.7.